The topological polar surface area (TPSA) is 62.0 Å². The van der Waals surface area contributed by atoms with Crippen molar-refractivity contribution in [3.05, 3.63) is 70.4 Å². The van der Waals surface area contributed by atoms with Crippen molar-refractivity contribution >= 4 is 33.8 Å². The van der Waals surface area contributed by atoms with Crippen LogP contribution in [0.4, 0.5) is 31.1 Å². The minimum atomic E-state index is -4.99. The van der Waals surface area contributed by atoms with Crippen LogP contribution in [-0.4, -0.2) is 21.4 Å². The molecule has 2 aromatic carbocycles. The summed E-state index contributed by atoms with van der Waals surface area (Å²) in [7, 11) is 0. The maximum Gasteiger partial charge on any atom is 0.416 e. The molecule has 0 saturated carbocycles. The quantitative estimate of drug-likeness (QED) is 0.480. The Kier molecular flexibility index (Phi) is 5.48. The summed E-state index contributed by atoms with van der Waals surface area (Å²) in [5.41, 5.74) is -1.62. The molecule has 4 nitrogen and oxygen atoms in total. The molecule has 3 aromatic rings. The van der Waals surface area contributed by atoms with Crippen molar-refractivity contribution in [2.75, 3.05) is 0 Å². The van der Waals surface area contributed by atoms with Crippen molar-refractivity contribution in [1.29, 1.82) is 0 Å². The molecule has 4 rings (SSSR count). The zero-order valence-corrected chi connectivity index (χ0v) is 16.8. The lowest BCUT2D eigenvalue weighted by Crippen LogP contribution is -2.25. The van der Waals surface area contributed by atoms with Gasteiger partial charge in [0, 0.05) is 23.0 Å². The fourth-order valence-electron chi connectivity index (χ4n) is 3.71. The van der Waals surface area contributed by atoms with Crippen molar-refractivity contribution < 1.29 is 35.9 Å². The minimum absolute atomic E-state index is 0.0730. The first-order valence-electron chi connectivity index (χ1n) is 9.30. The van der Waals surface area contributed by atoms with E-state index in [1.165, 1.54) is 0 Å². The van der Waals surface area contributed by atoms with Crippen molar-refractivity contribution in [2.24, 2.45) is 0 Å². The fourth-order valence-corrected chi connectivity index (χ4v) is 4.55. The lowest BCUT2D eigenvalue weighted by Gasteiger charge is -2.16. The average molecular weight is 472 g/mol. The number of H-pyrrole nitrogens is 1. The highest BCUT2D eigenvalue weighted by Gasteiger charge is 2.38. The summed E-state index contributed by atoms with van der Waals surface area (Å²) >= 11 is 0.789. The summed E-state index contributed by atoms with van der Waals surface area (Å²) in [5, 5.41) is 1.56. The number of carbonyl (C=O) groups is 2. The number of hydrogen-bond donors (Lipinski definition) is 2. The predicted molar refractivity (Wildman–Crippen MR) is 106 cm³/mol. The Balaban J connectivity index is 1.78. The number of rotatable bonds is 4. The Labute approximate surface area is 181 Å². The first kappa shape index (κ1) is 22.3. The van der Waals surface area contributed by atoms with Gasteiger partial charge in [-0.2, -0.15) is 26.3 Å². The molecule has 0 spiro atoms. The summed E-state index contributed by atoms with van der Waals surface area (Å²) < 4.78 is 79.6. The first-order chi connectivity index (χ1) is 14.9. The second kappa shape index (κ2) is 7.88. The van der Waals surface area contributed by atoms with Gasteiger partial charge in [-0.05, 0) is 35.7 Å². The number of para-hydroxylation sites is 1. The van der Waals surface area contributed by atoms with Gasteiger partial charge in [-0.3, -0.25) is 14.9 Å². The van der Waals surface area contributed by atoms with E-state index in [4.69, 9.17) is 0 Å². The first-order valence-corrected chi connectivity index (χ1v) is 10.2. The molecule has 1 aromatic heterocycles. The Morgan fingerprint density at radius 3 is 2.28 bits per heavy atom. The van der Waals surface area contributed by atoms with Gasteiger partial charge in [0.2, 0.25) is 5.91 Å². The van der Waals surface area contributed by atoms with Crippen LogP contribution in [-0.2, 0) is 30.0 Å². The molecule has 0 aliphatic carbocycles. The Morgan fingerprint density at radius 1 is 0.938 bits per heavy atom. The molecule has 0 radical (unpaired) electrons. The highest BCUT2D eigenvalue weighted by molar-refractivity contribution is 8.15. The van der Waals surface area contributed by atoms with Crippen LogP contribution in [0.15, 0.2) is 42.5 Å². The molecule has 0 bridgehead atoms. The summed E-state index contributed by atoms with van der Waals surface area (Å²) in [5.74, 6) is -0.498. The second-order valence-electron chi connectivity index (χ2n) is 7.26. The smallest absolute Gasteiger partial charge is 0.358 e. The number of hydrogen-bond acceptors (Lipinski definition) is 3. The maximum absolute atomic E-state index is 13.6. The van der Waals surface area contributed by atoms with Gasteiger partial charge in [-0.15, -0.1) is 0 Å². The fraction of sp³-hybridized carbons (Fsp3) is 0.238. The molecule has 1 aliphatic heterocycles. The number of thioether (sulfide) groups is 1. The highest BCUT2D eigenvalue weighted by atomic mass is 32.2. The highest BCUT2D eigenvalue weighted by Crippen LogP contribution is 2.39. The van der Waals surface area contributed by atoms with Crippen LogP contribution in [0, 0.1) is 0 Å². The van der Waals surface area contributed by atoms with Crippen LogP contribution in [0.1, 0.15) is 27.9 Å². The van der Waals surface area contributed by atoms with Gasteiger partial charge >= 0.3 is 12.4 Å². The van der Waals surface area contributed by atoms with Gasteiger partial charge in [0.15, 0.2) is 0 Å². The van der Waals surface area contributed by atoms with E-state index in [9.17, 15) is 35.9 Å². The molecule has 11 heteroatoms. The van der Waals surface area contributed by atoms with E-state index in [2.05, 4.69) is 10.3 Å². The van der Waals surface area contributed by atoms with E-state index in [1.54, 1.807) is 24.3 Å². The van der Waals surface area contributed by atoms with Gasteiger partial charge in [-0.1, -0.05) is 36.0 Å². The van der Waals surface area contributed by atoms with Crippen LogP contribution in [0.3, 0.4) is 0 Å². The molecular formula is C21H14F6N2O2S. The van der Waals surface area contributed by atoms with Gasteiger partial charge in [0.1, 0.15) is 0 Å². The third-order valence-electron chi connectivity index (χ3n) is 5.17. The monoisotopic (exact) mass is 472 g/mol. The molecule has 1 fully saturated rings. The number of fused-ring (bicyclic) bond motifs is 1. The van der Waals surface area contributed by atoms with E-state index >= 15 is 0 Å². The number of carbonyl (C=O) groups excluding carboxylic acids is 2. The molecule has 168 valence electrons. The van der Waals surface area contributed by atoms with Gasteiger partial charge < -0.3 is 4.98 Å². The standard InChI is InChI=1S/C21H14F6N2O2S/c22-20(23,24)11-6-5-10(14(8-11)21(25,26)27)7-16-13(9-17-18(30)29-19(31)32-17)12-3-1-2-4-15(12)28-16/h1-6,8,17,28H,7,9H2,(H,29,30,31). The van der Waals surface area contributed by atoms with E-state index in [0.29, 0.717) is 28.2 Å². The van der Waals surface area contributed by atoms with E-state index in [1.807, 2.05) is 0 Å². The number of amides is 2. The van der Waals surface area contributed by atoms with Crippen LogP contribution in [0.2, 0.25) is 0 Å². The third-order valence-corrected chi connectivity index (χ3v) is 6.15. The molecule has 2 amide bonds. The third kappa shape index (κ3) is 4.34. The number of alkyl halides is 6. The normalized spacial score (nSPS) is 17.2. The Hall–Kier alpha value is -2.95. The van der Waals surface area contributed by atoms with E-state index in [0.717, 1.165) is 17.8 Å². The number of aromatic amines is 1. The summed E-state index contributed by atoms with van der Waals surface area (Å²) in [6.45, 7) is 0. The molecule has 2 N–H and O–H groups in total. The number of aromatic nitrogens is 1. The number of nitrogens with one attached hydrogen (secondary N) is 2. The SMILES string of the molecule is O=C1NC(=O)C(Cc2c(Cc3ccc(C(F)(F)F)cc3C(F)(F)F)[nH]c3ccccc23)S1. The largest absolute Gasteiger partial charge is 0.416 e. The summed E-state index contributed by atoms with van der Waals surface area (Å²) in [6.07, 6.45) is -10.2. The molecule has 1 unspecified atom stereocenters. The molecule has 1 aliphatic rings. The zero-order chi connectivity index (χ0) is 23.3. The summed E-state index contributed by atoms with van der Waals surface area (Å²) in [4.78, 5) is 26.5. The van der Waals surface area contributed by atoms with Crippen LogP contribution in [0.5, 0.6) is 0 Å². The van der Waals surface area contributed by atoms with E-state index in [-0.39, 0.29) is 24.5 Å². The van der Waals surface area contributed by atoms with E-state index < -0.39 is 39.9 Å². The van der Waals surface area contributed by atoms with Crippen molar-refractivity contribution in [2.45, 2.75) is 30.4 Å². The maximum atomic E-state index is 13.6. The average Bonchev–Trinajstić information content (AvgIpc) is 3.19. The lowest BCUT2D eigenvalue weighted by atomic mass is 9.96. The molecular weight excluding hydrogens is 458 g/mol. The Morgan fingerprint density at radius 2 is 1.66 bits per heavy atom. The van der Waals surface area contributed by atoms with Crippen LogP contribution < -0.4 is 5.32 Å². The van der Waals surface area contributed by atoms with Crippen molar-refractivity contribution in [3.63, 3.8) is 0 Å². The molecule has 1 saturated heterocycles. The predicted octanol–water partition coefficient (Wildman–Crippen LogP) is 5.69. The van der Waals surface area contributed by atoms with Crippen molar-refractivity contribution in [3.8, 4) is 0 Å². The lowest BCUT2D eigenvalue weighted by molar-refractivity contribution is -0.143. The zero-order valence-electron chi connectivity index (χ0n) is 16.0. The molecule has 1 atom stereocenters. The van der Waals surface area contributed by atoms with Crippen LogP contribution >= 0.6 is 11.8 Å². The van der Waals surface area contributed by atoms with Gasteiger partial charge in [0.05, 0.1) is 16.4 Å². The van der Waals surface area contributed by atoms with Gasteiger partial charge in [0.25, 0.3) is 5.24 Å². The Bertz CT molecular complexity index is 1220. The number of halogens is 6. The summed E-state index contributed by atoms with van der Waals surface area (Å²) in [6, 6.07) is 8.40. The number of benzene rings is 2. The van der Waals surface area contributed by atoms with Crippen molar-refractivity contribution in [1.82, 2.24) is 10.3 Å². The van der Waals surface area contributed by atoms with Gasteiger partial charge in [-0.25, -0.2) is 0 Å². The molecule has 2 heterocycles. The minimum Gasteiger partial charge on any atom is -0.358 e. The second-order valence-corrected chi connectivity index (χ2v) is 8.43. The number of imide groups is 1. The van der Waals surface area contributed by atoms with Crippen LogP contribution in [0.25, 0.3) is 10.9 Å². The molecule has 32 heavy (non-hydrogen) atoms.